The number of nitrogens with one attached hydrogen (secondary N) is 3. The predicted molar refractivity (Wildman–Crippen MR) is 133 cm³/mol. The lowest BCUT2D eigenvalue weighted by Crippen LogP contribution is -2.52. The molecule has 35 heavy (non-hydrogen) atoms. The summed E-state index contributed by atoms with van der Waals surface area (Å²) in [7, 11) is 0. The molecule has 1 aliphatic heterocycles. The fraction of sp³-hybridized carbons (Fsp3) is 0.370. The smallest absolute Gasteiger partial charge is 0.408 e. The number of hydrogen-bond acceptors (Lipinski definition) is 5. The molecular weight excluding hydrogens is 442 g/mol. The lowest BCUT2D eigenvalue weighted by Gasteiger charge is -2.40. The molecule has 0 unspecified atom stereocenters. The largest absolute Gasteiger partial charge is 0.492 e. The van der Waals surface area contributed by atoms with Crippen LogP contribution in [0.15, 0.2) is 42.7 Å². The van der Waals surface area contributed by atoms with E-state index in [2.05, 4.69) is 50.6 Å². The molecule has 0 saturated heterocycles. The average Bonchev–Trinajstić information content (AvgIpc) is 3.38. The van der Waals surface area contributed by atoms with Gasteiger partial charge in [0.2, 0.25) is 0 Å². The topological polar surface area (TPSA) is 105 Å². The number of aromatic amines is 2. The highest BCUT2D eigenvalue weighted by molar-refractivity contribution is 5.84. The lowest BCUT2D eigenvalue weighted by molar-refractivity contribution is 0.0366. The zero-order valence-corrected chi connectivity index (χ0v) is 20.2. The fourth-order valence-corrected chi connectivity index (χ4v) is 4.89. The Morgan fingerprint density at radius 3 is 2.71 bits per heavy atom. The zero-order chi connectivity index (χ0) is 24.2. The molecule has 1 fully saturated rings. The molecule has 0 radical (unpaired) electrons. The molecule has 180 valence electrons. The van der Waals surface area contributed by atoms with Crippen molar-refractivity contribution in [1.82, 2.24) is 25.3 Å². The monoisotopic (exact) mass is 471 g/mol. The van der Waals surface area contributed by atoms with Crippen molar-refractivity contribution in [3.63, 3.8) is 0 Å². The van der Waals surface area contributed by atoms with Crippen molar-refractivity contribution in [1.29, 1.82) is 0 Å². The Labute approximate surface area is 203 Å². The van der Waals surface area contributed by atoms with Gasteiger partial charge in [-0.3, -0.25) is 0 Å². The van der Waals surface area contributed by atoms with Gasteiger partial charge in [0.25, 0.3) is 0 Å². The number of ether oxygens (including phenoxy) is 2. The average molecular weight is 472 g/mol. The quantitative estimate of drug-likeness (QED) is 0.368. The van der Waals surface area contributed by atoms with Gasteiger partial charge < -0.3 is 24.8 Å². The molecule has 2 aromatic carbocycles. The second-order valence-electron chi connectivity index (χ2n) is 10.4. The number of alkyl carbamates (subject to hydrolysis) is 1. The SMILES string of the molecule is CC(C)(C)OC(=O)NC1(c2nc3ccc(-c4ccc5c(c4)OCCc4[nH]cnc4-5)cc3[nH]2)CCC1. The molecular formula is C27H29N5O3. The number of H-pyrrole nitrogens is 2. The molecule has 1 saturated carbocycles. The first-order chi connectivity index (χ1) is 16.8. The summed E-state index contributed by atoms with van der Waals surface area (Å²) in [6.45, 7) is 6.21. The van der Waals surface area contributed by atoms with Crippen molar-refractivity contribution in [2.75, 3.05) is 6.61 Å². The van der Waals surface area contributed by atoms with Crippen molar-refractivity contribution in [3.8, 4) is 28.1 Å². The molecule has 8 heteroatoms. The number of amides is 1. The van der Waals surface area contributed by atoms with Gasteiger partial charge in [-0.25, -0.2) is 14.8 Å². The fourth-order valence-electron chi connectivity index (χ4n) is 4.89. The van der Waals surface area contributed by atoms with Crippen LogP contribution in [-0.4, -0.2) is 38.2 Å². The van der Waals surface area contributed by atoms with E-state index in [1.807, 2.05) is 26.8 Å². The number of hydrogen-bond donors (Lipinski definition) is 3. The minimum Gasteiger partial charge on any atom is -0.492 e. The van der Waals surface area contributed by atoms with Crippen LogP contribution in [0.1, 0.15) is 51.6 Å². The lowest BCUT2D eigenvalue weighted by atomic mass is 9.76. The van der Waals surface area contributed by atoms with E-state index < -0.39 is 17.2 Å². The highest BCUT2D eigenvalue weighted by atomic mass is 16.6. The Balaban J connectivity index is 1.31. The maximum Gasteiger partial charge on any atom is 0.408 e. The van der Waals surface area contributed by atoms with Crippen molar-refractivity contribution in [3.05, 3.63) is 54.2 Å². The van der Waals surface area contributed by atoms with Crippen LogP contribution in [0.3, 0.4) is 0 Å². The Bertz CT molecular complexity index is 1420. The van der Waals surface area contributed by atoms with E-state index in [4.69, 9.17) is 14.5 Å². The number of imidazole rings is 2. The standard InChI is InChI=1S/C27H29N5O3/c1-26(2,3)35-25(33)32-27(10-4-11-27)24-30-19-8-6-16(13-21(19)31-24)17-5-7-18-22(14-17)34-12-9-20-23(18)29-15-28-20/h5-8,13-15H,4,9-12H2,1-3H3,(H,28,29)(H,30,31)(H,32,33). The summed E-state index contributed by atoms with van der Waals surface area (Å²) >= 11 is 0. The van der Waals surface area contributed by atoms with E-state index in [0.717, 1.165) is 76.4 Å². The highest BCUT2D eigenvalue weighted by Crippen LogP contribution is 2.41. The zero-order valence-electron chi connectivity index (χ0n) is 20.2. The van der Waals surface area contributed by atoms with Gasteiger partial charge in [0.1, 0.15) is 22.7 Å². The minimum absolute atomic E-state index is 0.414. The summed E-state index contributed by atoms with van der Waals surface area (Å²) in [6.07, 6.45) is 4.83. The third-order valence-corrected chi connectivity index (χ3v) is 6.78. The first-order valence-corrected chi connectivity index (χ1v) is 12.1. The van der Waals surface area contributed by atoms with Crippen LogP contribution >= 0.6 is 0 Å². The molecule has 3 heterocycles. The summed E-state index contributed by atoms with van der Waals surface area (Å²) in [4.78, 5) is 28.5. The van der Waals surface area contributed by atoms with Crippen molar-refractivity contribution in [2.45, 2.75) is 57.6 Å². The van der Waals surface area contributed by atoms with E-state index in [9.17, 15) is 4.79 Å². The molecule has 0 atom stereocenters. The molecule has 3 N–H and O–H groups in total. The van der Waals surface area contributed by atoms with Gasteiger partial charge in [0, 0.05) is 17.7 Å². The number of benzene rings is 2. The molecule has 4 aromatic rings. The van der Waals surface area contributed by atoms with E-state index in [1.54, 1.807) is 6.33 Å². The van der Waals surface area contributed by atoms with Gasteiger partial charge in [0.15, 0.2) is 0 Å². The highest BCUT2D eigenvalue weighted by Gasteiger charge is 2.43. The van der Waals surface area contributed by atoms with Gasteiger partial charge in [-0.15, -0.1) is 0 Å². The summed E-state index contributed by atoms with van der Waals surface area (Å²) in [5, 5.41) is 3.08. The normalized spacial score (nSPS) is 16.4. The summed E-state index contributed by atoms with van der Waals surface area (Å²) in [5.74, 6) is 1.62. The van der Waals surface area contributed by atoms with Gasteiger partial charge >= 0.3 is 6.09 Å². The Morgan fingerprint density at radius 1 is 1.14 bits per heavy atom. The van der Waals surface area contributed by atoms with Gasteiger partial charge in [-0.2, -0.15) is 0 Å². The van der Waals surface area contributed by atoms with Crippen LogP contribution < -0.4 is 10.1 Å². The number of carbonyl (C=O) groups is 1. The van der Waals surface area contributed by atoms with Crippen LogP contribution in [0.2, 0.25) is 0 Å². The molecule has 1 amide bonds. The second-order valence-corrected chi connectivity index (χ2v) is 10.4. The van der Waals surface area contributed by atoms with Crippen LogP contribution in [0.5, 0.6) is 5.75 Å². The molecule has 6 rings (SSSR count). The summed E-state index contributed by atoms with van der Waals surface area (Å²) < 4.78 is 11.6. The van der Waals surface area contributed by atoms with E-state index >= 15 is 0 Å². The van der Waals surface area contributed by atoms with Crippen molar-refractivity contribution < 1.29 is 14.3 Å². The van der Waals surface area contributed by atoms with Crippen molar-refractivity contribution in [2.24, 2.45) is 0 Å². The maximum absolute atomic E-state index is 12.5. The summed E-state index contributed by atoms with van der Waals surface area (Å²) in [5.41, 5.74) is 5.93. The van der Waals surface area contributed by atoms with Crippen LogP contribution in [0.4, 0.5) is 4.79 Å². The maximum atomic E-state index is 12.5. The first-order valence-electron chi connectivity index (χ1n) is 12.1. The molecule has 0 spiro atoms. The summed E-state index contributed by atoms with van der Waals surface area (Å²) in [6, 6.07) is 12.4. The number of rotatable bonds is 3. The second kappa shape index (κ2) is 7.86. The molecule has 2 aromatic heterocycles. The number of fused-ring (bicyclic) bond motifs is 4. The third kappa shape index (κ3) is 3.92. The number of carbonyl (C=O) groups excluding carboxylic acids is 1. The Kier molecular flexibility index (Phi) is 4.88. The van der Waals surface area contributed by atoms with Gasteiger partial charge in [0.05, 0.1) is 29.7 Å². The van der Waals surface area contributed by atoms with Crippen LogP contribution in [-0.2, 0) is 16.7 Å². The van der Waals surface area contributed by atoms with Gasteiger partial charge in [-0.05, 0) is 75.4 Å². The van der Waals surface area contributed by atoms with E-state index in [1.165, 1.54) is 0 Å². The Morgan fingerprint density at radius 2 is 1.94 bits per heavy atom. The van der Waals surface area contributed by atoms with E-state index in [-0.39, 0.29) is 0 Å². The first kappa shape index (κ1) is 21.7. The third-order valence-electron chi connectivity index (χ3n) is 6.78. The predicted octanol–water partition coefficient (Wildman–Crippen LogP) is 5.46. The molecule has 8 nitrogen and oxygen atoms in total. The van der Waals surface area contributed by atoms with E-state index in [0.29, 0.717) is 6.61 Å². The van der Waals surface area contributed by atoms with Crippen LogP contribution in [0, 0.1) is 0 Å². The van der Waals surface area contributed by atoms with Gasteiger partial charge in [-0.1, -0.05) is 12.1 Å². The van der Waals surface area contributed by atoms with Crippen molar-refractivity contribution >= 4 is 17.1 Å². The molecule has 0 bridgehead atoms. The number of aromatic nitrogens is 4. The Hall–Kier alpha value is -3.81. The number of nitrogens with zero attached hydrogens (tertiary/aromatic N) is 2. The molecule has 1 aliphatic carbocycles. The molecule has 2 aliphatic rings. The minimum atomic E-state index is -0.547. The van der Waals surface area contributed by atoms with Crippen LogP contribution in [0.25, 0.3) is 33.4 Å².